The summed E-state index contributed by atoms with van der Waals surface area (Å²) in [5.41, 5.74) is 13.1. The van der Waals surface area contributed by atoms with Crippen LogP contribution < -0.4 is 4.40 Å². The van der Waals surface area contributed by atoms with Crippen LogP contribution >= 0.6 is 0 Å². The van der Waals surface area contributed by atoms with Gasteiger partial charge in [-0.1, -0.05) is 102 Å². The molecule has 5 heteroatoms. The van der Waals surface area contributed by atoms with Gasteiger partial charge in [0, 0.05) is 31.4 Å². The average molecular weight is 954 g/mol. The number of furan rings is 1. The van der Waals surface area contributed by atoms with E-state index >= 15 is 0 Å². The van der Waals surface area contributed by atoms with Gasteiger partial charge < -0.3 is 4.42 Å². The van der Waals surface area contributed by atoms with Crippen molar-refractivity contribution in [2.75, 3.05) is 0 Å². The second-order valence-electron chi connectivity index (χ2n) is 15.5. The standard InChI is InChI=1S/C32H20NO.C18H24GeN.Ir/c1-2-11-21(12-3-1)22-13-4-5-15-24(22)30-26-16-6-8-19-28(26)33-31(30)27-18-10-17-25-23-14-7-9-20-29(23)34-32(25)27;1-14(2)11-16-12-18(15-9-7-6-8-10-15)20-13-17(16)19(3,4)5;/h1-17,19-20,30H;6-9,12-14H,11H2,1-5H3;/q2*-1;. The van der Waals surface area contributed by atoms with Crippen LogP contribution in [0.15, 0.2) is 161 Å². The average Bonchev–Trinajstić information content (AvgIpc) is 3.77. The molecule has 1 unspecified atom stereocenters. The zero-order valence-electron chi connectivity index (χ0n) is 31.9. The fourth-order valence-corrected chi connectivity index (χ4v) is 11.0. The van der Waals surface area contributed by atoms with Gasteiger partial charge in [-0.15, -0.1) is 18.2 Å². The van der Waals surface area contributed by atoms with Gasteiger partial charge in [-0.25, -0.2) is 0 Å². The van der Waals surface area contributed by atoms with Crippen LogP contribution in [-0.2, 0) is 26.5 Å². The van der Waals surface area contributed by atoms with Gasteiger partial charge in [0.25, 0.3) is 0 Å². The Morgan fingerprint density at radius 1 is 0.709 bits per heavy atom. The van der Waals surface area contributed by atoms with Crippen molar-refractivity contribution < 1.29 is 24.5 Å². The quantitative estimate of drug-likeness (QED) is 0.118. The minimum absolute atomic E-state index is 0. The Morgan fingerprint density at radius 2 is 1.42 bits per heavy atom. The van der Waals surface area contributed by atoms with Crippen molar-refractivity contribution in [2.45, 2.75) is 43.5 Å². The Kier molecular flexibility index (Phi) is 11.5. The van der Waals surface area contributed by atoms with Crippen molar-refractivity contribution in [1.29, 1.82) is 0 Å². The van der Waals surface area contributed by atoms with Crippen molar-refractivity contribution in [3.8, 4) is 22.4 Å². The SMILES string of the molecule is CC(C)Cc1cc(-c2[c-]cccc2)nc[c]1[Ge]([CH3])([CH3])[CH3].[Ir].[c-]1ccc2c(oc3ccccc32)c1C1=Nc2ccccc2C1c1ccccc1-c1ccccc1. The molecule has 0 aliphatic carbocycles. The van der Waals surface area contributed by atoms with E-state index in [-0.39, 0.29) is 26.0 Å². The van der Waals surface area contributed by atoms with E-state index in [0.29, 0.717) is 5.92 Å². The summed E-state index contributed by atoms with van der Waals surface area (Å²) < 4.78 is 7.92. The fourth-order valence-electron chi connectivity index (χ4n) is 7.68. The molecule has 9 rings (SSSR count). The first kappa shape index (κ1) is 38.4. The first-order chi connectivity index (χ1) is 26.3. The molecular weight excluding hydrogens is 909 g/mol. The first-order valence-corrected chi connectivity index (χ1v) is 26.2. The van der Waals surface area contributed by atoms with Gasteiger partial charge in [0.2, 0.25) is 0 Å². The molecule has 0 saturated heterocycles. The van der Waals surface area contributed by atoms with E-state index < -0.39 is 13.3 Å². The zero-order chi connectivity index (χ0) is 37.2. The van der Waals surface area contributed by atoms with Crippen LogP contribution in [0.1, 0.15) is 42.0 Å². The third-order valence-corrected chi connectivity index (χ3v) is 14.5. The molecule has 0 saturated carbocycles. The number of hydrogen-bond donors (Lipinski definition) is 0. The number of benzene rings is 6. The molecule has 8 aromatic rings. The third kappa shape index (κ3) is 7.96. The molecule has 6 aromatic carbocycles. The van der Waals surface area contributed by atoms with Crippen LogP contribution in [0.2, 0.25) is 17.3 Å². The predicted octanol–water partition coefficient (Wildman–Crippen LogP) is 12.6. The largest absolute Gasteiger partial charge is 0.501 e. The second-order valence-corrected chi connectivity index (χ2v) is 26.1. The van der Waals surface area contributed by atoms with E-state index in [9.17, 15) is 0 Å². The molecule has 1 atom stereocenters. The Labute approximate surface area is 341 Å². The maximum absolute atomic E-state index is 6.38. The zero-order valence-corrected chi connectivity index (χ0v) is 36.4. The van der Waals surface area contributed by atoms with Crippen molar-refractivity contribution in [2.24, 2.45) is 10.9 Å². The molecule has 1 aliphatic heterocycles. The molecule has 0 N–H and O–H groups in total. The Bertz CT molecular complexity index is 2600. The van der Waals surface area contributed by atoms with Crippen LogP contribution in [-0.4, -0.2) is 24.0 Å². The van der Waals surface area contributed by atoms with E-state index in [1.165, 1.54) is 27.8 Å². The van der Waals surface area contributed by atoms with E-state index in [4.69, 9.17) is 14.4 Å². The van der Waals surface area contributed by atoms with Crippen LogP contribution in [0, 0.1) is 18.1 Å². The fraction of sp³-hybridized carbons (Fsp3) is 0.160. The summed E-state index contributed by atoms with van der Waals surface area (Å²) in [6.45, 7) is 4.57. The molecule has 0 fully saturated rings. The molecule has 2 aromatic heterocycles. The van der Waals surface area contributed by atoms with Crippen molar-refractivity contribution in [1.82, 2.24) is 4.98 Å². The number of para-hydroxylation sites is 2. The number of rotatable bonds is 7. The van der Waals surface area contributed by atoms with Crippen LogP contribution in [0.4, 0.5) is 5.69 Å². The topological polar surface area (TPSA) is 38.4 Å². The molecule has 1 aliphatic rings. The van der Waals surface area contributed by atoms with E-state index in [2.05, 4.69) is 159 Å². The summed E-state index contributed by atoms with van der Waals surface area (Å²) in [7, 11) is 0. The molecule has 1 radical (unpaired) electrons. The van der Waals surface area contributed by atoms with Crippen LogP contribution in [0.5, 0.6) is 0 Å². The molecule has 0 bridgehead atoms. The summed E-state index contributed by atoms with van der Waals surface area (Å²) in [4.78, 5) is 9.86. The molecule has 0 amide bonds. The van der Waals surface area contributed by atoms with E-state index in [0.717, 1.165) is 56.6 Å². The Balaban J connectivity index is 0.000000191. The monoisotopic (exact) mass is 955 g/mol. The molecular formula is C50H44GeIrN2O-2. The number of pyridine rings is 1. The number of aliphatic imine (C=N–C) groups is 1. The molecule has 55 heavy (non-hydrogen) atoms. The molecule has 3 heterocycles. The molecule has 0 spiro atoms. The summed E-state index contributed by atoms with van der Waals surface area (Å²) in [5.74, 6) is 7.98. The molecule has 3 nitrogen and oxygen atoms in total. The predicted molar refractivity (Wildman–Crippen MR) is 229 cm³/mol. The summed E-state index contributed by atoms with van der Waals surface area (Å²) >= 11 is -1.86. The maximum Gasteiger partial charge on any atom is 0.120 e. The maximum atomic E-state index is 6.38. The van der Waals surface area contributed by atoms with Gasteiger partial charge in [-0.3, -0.25) is 4.99 Å². The number of fused-ring (bicyclic) bond motifs is 4. The van der Waals surface area contributed by atoms with Gasteiger partial charge in [0.05, 0.1) is 11.3 Å². The Morgan fingerprint density at radius 3 is 2.18 bits per heavy atom. The normalized spacial score (nSPS) is 13.6. The van der Waals surface area contributed by atoms with Gasteiger partial charge in [-0.2, -0.15) is 0 Å². The minimum Gasteiger partial charge on any atom is -0.501 e. The number of aromatic nitrogens is 1. The van der Waals surface area contributed by atoms with Crippen molar-refractivity contribution in [3.63, 3.8) is 0 Å². The number of nitrogens with zero attached hydrogens (tertiary/aromatic N) is 2. The van der Waals surface area contributed by atoms with Crippen molar-refractivity contribution in [3.05, 3.63) is 186 Å². The van der Waals surface area contributed by atoms with E-state index in [1.54, 1.807) is 4.40 Å². The van der Waals surface area contributed by atoms with Crippen molar-refractivity contribution >= 4 is 51.0 Å². The third-order valence-electron chi connectivity index (χ3n) is 10.1. The van der Waals surface area contributed by atoms with E-state index in [1.807, 2.05) is 36.4 Å². The van der Waals surface area contributed by atoms with Crippen LogP contribution in [0.25, 0.3) is 44.3 Å². The first-order valence-electron chi connectivity index (χ1n) is 18.9. The van der Waals surface area contributed by atoms with Crippen LogP contribution in [0.3, 0.4) is 0 Å². The second kappa shape index (κ2) is 16.5. The van der Waals surface area contributed by atoms with Gasteiger partial charge in [0.1, 0.15) is 5.58 Å². The smallest absolute Gasteiger partial charge is 0.120 e. The minimum atomic E-state index is -1.86. The van der Waals surface area contributed by atoms with Gasteiger partial charge in [0.15, 0.2) is 0 Å². The summed E-state index contributed by atoms with van der Waals surface area (Å²) in [5, 5.41) is 2.21. The molecule has 275 valence electrons. The van der Waals surface area contributed by atoms with Gasteiger partial charge in [-0.05, 0) is 40.1 Å². The summed E-state index contributed by atoms with van der Waals surface area (Å²) in [6.07, 6.45) is 3.27. The summed E-state index contributed by atoms with van der Waals surface area (Å²) in [6, 6.07) is 57.1. The van der Waals surface area contributed by atoms with Gasteiger partial charge >= 0.3 is 126 Å². The number of hydrogen-bond acceptors (Lipinski definition) is 3. The Hall–Kier alpha value is -4.87.